The van der Waals surface area contributed by atoms with Gasteiger partial charge in [-0.2, -0.15) is 0 Å². The van der Waals surface area contributed by atoms with Crippen molar-refractivity contribution in [2.75, 3.05) is 11.9 Å². The Morgan fingerprint density at radius 1 is 0.963 bits per heavy atom. The highest BCUT2D eigenvalue weighted by molar-refractivity contribution is 6.30. The summed E-state index contributed by atoms with van der Waals surface area (Å²) in [6.07, 6.45) is 3.69. The van der Waals surface area contributed by atoms with Gasteiger partial charge in [0, 0.05) is 30.0 Å². The van der Waals surface area contributed by atoms with Crippen LogP contribution in [-0.4, -0.2) is 17.4 Å². The molecular formula is C22H22ClN3O. The fourth-order valence-corrected chi connectivity index (χ4v) is 2.84. The van der Waals surface area contributed by atoms with Gasteiger partial charge in [0.05, 0.1) is 0 Å². The first kappa shape index (κ1) is 18.9. The van der Waals surface area contributed by atoms with Crippen molar-refractivity contribution >= 4 is 23.2 Å². The lowest BCUT2D eigenvalue weighted by molar-refractivity contribution is 0.0946. The van der Waals surface area contributed by atoms with E-state index in [4.69, 9.17) is 11.6 Å². The highest BCUT2D eigenvalue weighted by atomic mass is 35.5. The molecule has 3 rings (SSSR count). The van der Waals surface area contributed by atoms with Gasteiger partial charge in [0.2, 0.25) is 0 Å². The molecule has 4 nitrogen and oxygen atoms in total. The van der Waals surface area contributed by atoms with Crippen molar-refractivity contribution in [1.82, 2.24) is 10.3 Å². The van der Waals surface area contributed by atoms with E-state index in [0.29, 0.717) is 17.3 Å². The highest BCUT2D eigenvalue weighted by Crippen LogP contribution is 2.11. The molecule has 0 fully saturated rings. The van der Waals surface area contributed by atoms with Crippen LogP contribution < -0.4 is 10.6 Å². The first-order valence-corrected chi connectivity index (χ1v) is 9.35. The van der Waals surface area contributed by atoms with E-state index < -0.39 is 0 Å². The smallest absolute Gasteiger partial charge is 0.270 e. The molecule has 1 aromatic heterocycles. The summed E-state index contributed by atoms with van der Waals surface area (Å²) < 4.78 is 0. The van der Waals surface area contributed by atoms with Crippen LogP contribution in [0.2, 0.25) is 5.02 Å². The number of aryl methyl sites for hydroxylation is 1. The molecule has 27 heavy (non-hydrogen) atoms. The topological polar surface area (TPSA) is 54.0 Å². The lowest BCUT2D eigenvalue weighted by atomic mass is 10.1. The Morgan fingerprint density at radius 3 is 2.52 bits per heavy atom. The van der Waals surface area contributed by atoms with E-state index in [1.54, 1.807) is 24.4 Å². The van der Waals surface area contributed by atoms with E-state index in [-0.39, 0.29) is 5.91 Å². The molecule has 0 aliphatic heterocycles. The standard InChI is InChI=1S/C22H22ClN3O/c23-19-10-8-18(9-11-19)16-26-22(27)21-15-20(12-14-25-21)24-13-4-7-17-5-2-1-3-6-17/h1-3,5-6,8-12,14-15H,4,7,13,16H2,(H,24,25)(H,26,27). The average Bonchev–Trinajstić information content (AvgIpc) is 2.71. The van der Waals surface area contributed by atoms with Crippen LogP contribution in [0.5, 0.6) is 0 Å². The summed E-state index contributed by atoms with van der Waals surface area (Å²) in [5.41, 5.74) is 3.62. The maximum Gasteiger partial charge on any atom is 0.270 e. The summed E-state index contributed by atoms with van der Waals surface area (Å²) in [5.74, 6) is -0.196. The fraction of sp³-hybridized carbons (Fsp3) is 0.182. The molecule has 3 aromatic rings. The summed E-state index contributed by atoms with van der Waals surface area (Å²) >= 11 is 5.87. The second kappa shape index (κ2) is 9.74. The molecular weight excluding hydrogens is 358 g/mol. The molecule has 1 heterocycles. The van der Waals surface area contributed by atoms with Gasteiger partial charge in [-0.05, 0) is 48.2 Å². The number of hydrogen-bond acceptors (Lipinski definition) is 3. The van der Waals surface area contributed by atoms with Crippen molar-refractivity contribution in [2.24, 2.45) is 0 Å². The summed E-state index contributed by atoms with van der Waals surface area (Å²) in [6, 6.07) is 21.5. The van der Waals surface area contributed by atoms with Crippen molar-refractivity contribution in [1.29, 1.82) is 0 Å². The molecule has 0 saturated carbocycles. The number of halogens is 1. The van der Waals surface area contributed by atoms with Crippen LogP contribution in [-0.2, 0) is 13.0 Å². The summed E-state index contributed by atoms with van der Waals surface area (Å²) in [5, 5.41) is 6.91. The molecule has 0 atom stereocenters. The Hall–Kier alpha value is -2.85. The monoisotopic (exact) mass is 379 g/mol. The summed E-state index contributed by atoms with van der Waals surface area (Å²) in [7, 11) is 0. The molecule has 0 radical (unpaired) electrons. The number of amides is 1. The van der Waals surface area contributed by atoms with Crippen molar-refractivity contribution in [3.05, 3.63) is 94.8 Å². The third kappa shape index (κ3) is 6.12. The van der Waals surface area contributed by atoms with Crippen LogP contribution in [0, 0.1) is 0 Å². The number of nitrogens with zero attached hydrogens (tertiary/aromatic N) is 1. The van der Waals surface area contributed by atoms with Crippen LogP contribution in [0.1, 0.15) is 28.0 Å². The average molecular weight is 380 g/mol. The SMILES string of the molecule is O=C(NCc1ccc(Cl)cc1)c1cc(NCCCc2ccccc2)ccn1. The van der Waals surface area contributed by atoms with E-state index in [1.807, 2.05) is 24.3 Å². The summed E-state index contributed by atoms with van der Waals surface area (Å²) in [4.78, 5) is 16.5. The number of carbonyl (C=O) groups excluding carboxylic acids is 1. The number of carbonyl (C=O) groups is 1. The van der Waals surface area contributed by atoms with Gasteiger partial charge in [0.25, 0.3) is 5.91 Å². The second-order valence-corrected chi connectivity index (χ2v) is 6.69. The Labute approximate surface area is 164 Å². The Morgan fingerprint density at radius 2 is 1.74 bits per heavy atom. The molecule has 0 aliphatic carbocycles. The number of nitrogens with one attached hydrogen (secondary N) is 2. The third-order valence-corrected chi connectivity index (χ3v) is 4.43. The first-order valence-electron chi connectivity index (χ1n) is 8.97. The Kier molecular flexibility index (Phi) is 6.83. The Balaban J connectivity index is 1.47. The molecule has 0 spiro atoms. The van der Waals surface area contributed by atoms with E-state index in [1.165, 1.54) is 5.56 Å². The maximum absolute atomic E-state index is 12.3. The molecule has 1 amide bonds. The minimum absolute atomic E-state index is 0.196. The zero-order chi connectivity index (χ0) is 18.9. The normalized spacial score (nSPS) is 10.4. The van der Waals surface area contributed by atoms with Gasteiger partial charge in [0.15, 0.2) is 0 Å². The largest absolute Gasteiger partial charge is 0.385 e. The minimum atomic E-state index is -0.196. The lowest BCUT2D eigenvalue weighted by Crippen LogP contribution is -2.23. The quantitative estimate of drug-likeness (QED) is 0.557. The van der Waals surface area contributed by atoms with Crippen LogP contribution in [0.3, 0.4) is 0 Å². The fourth-order valence-electron chi connectivity index (χ4n) is 2.71. The predicted octanol–water partition coefficient (Wildman–Crippen LogP) is 4.71. The number of aromatic nitrogens is 1. The van der Waals surface area contributed by atoms with E-state index in [9.17, 15) is 4.79 Å². The number of benzene rings is 2. The zero-order valence-electron chi connectivity index (χ0n) is 15.0. The van der Waals surface area contributed by atoms with Gasteiger partial charge < -0.3 is 10.6 Å². The Bertz CT molecular complexity index is 866. The lowest BCUT2D eigenvalue weighted by Gasteiger charge is -2.09. The number of anilines is 1. The maximum atomic E-state index is 12.3. The van der Waals surface area contributed by atoms with Crippen molar-refractivity contribution in [3.8, 4) is 0 Å². The van der Waals surface area contributed by atoms with Crippen LogP contribution in [0.4, 0.5) is 5.69 Å². The third-order valence-electron chi connectivity index (χ3n) is 4.17. The molecule has 0 aliphatic rings. The van der Waals surface area contributed by atoms with Gasteiger partial charge in [-0.3, -0.25) is 9.78 Å². The predicted molar refractivity (Wildman–Crippen MR) is 110 cm³/mol. The number of hydrogen-bond donors (Lipinski definition) is 2. The summed E-state index contributed by atoms with van der Waals surface area (Å²) in [6.45, 7) is 1.27. The van der Waals surface area contributed by atoms with Gasteiger partial charge in [0.1, 0.15) is 5.69 Å². The van der Waals surface area contributed by atoms with Crippen molar-refractivity contribution < 1.29 is 4.79 Å². The van der Waals surface area contributed by atoms with Gasteiger partial charge >= 0.3 is 0 Å². The second-order valence-electron chi connectivity index (χ2n) is 6.25. The van der Waals surface area contributed by atoms with Gasteiger partial charge in [-0.25, -0.2) is 0 Å². The number of rotatable bonds is 8. The van der Waals surface area contributed by atoms with Gasteiger partial charge in [-0.1, -0.05) is 54.1 Å². The molecule has 2 aromatic carbocycles. The van der Waals surface area contributed by atoms with Crippen LogP contribution in [0.15, 0.2) is 72.9 Å². The zero-order valence-corrected chi connectivity index (χ0v) is 15.7. The molecule has 138 valence electrons. The van der Waals surface area contributed by atoms with E-state index >= 15 is 0 Å². The van der Waals surface area contributed by atoms with Crippen LogP contribution in [0.25, 0.3) is 0 Å². The van der Waals surface area contributed by atoms with Crippen molar-refractivity contribution in [2.45, 2.75) is 19.4 Å². The number of pyridine rings is 1. The molecule has 0 bridgehead atoms. The highest BCUT2D eigenvalue weighted by Gasteiger charge is 2.08. The molecule has 5 heteroatoms. The van der Waals surface area contributed by atoms with Gasteiger partial charge in [-0.15, -0.1) is 0 Å². The van der Waals surface area contributed by atoms with Crippen LogP contribution >= 0.6 is 11.6 Å². The minimum Gasteiger partial charge on any atom is -0.385 e. The van der Waals surface area contributed by atoms with Crippen molar-refractivity contribution in [3.63, 3.8) is 0 Å². The first-order chi connectivity index (χ1) is 13.2. The van der Waals surface area contributed by atoms with E-state index in [0.717, 1.165) is 30.6 Å². The molecule has 0 saturated heterocycles. The molecule has 0 unspecified atom stereocenters. The van der Waals surface area contributed by atoms with E-state index in [2.05, 4.69) is 39.9 Å². The molecule has 2 N–H and O–H groups in total.